The van der Waals surface area contributed by atoms with Gasteiger partial charge in [0.15, 0.2) is 5.75 Å². The minimum atomic E-state index is -0.434. The molecular formula is C13H19N3O4. The van der Waals surface area contributed by atoms with Crippen molar-refractivity contribution in [3.63, 3.8) is 0 Å². The first-order valence-corrected chi connectivity index (χ1v) is 6.60. The molecule has 7 heteroatoms. The molecule has 1 heterocycles. The molecule has 0 aliphatic carbocycles. The monoisotopic (exact) mass is 281 g/mol. The fourth-order valence-electron chi connectivity index (χ4n) is 1.94. The van der Waals surface area contributed by atoms with E-state index in [2.05, 4.69) is 5.43 Å². The van der Waals surface area contributed by atoms with Crippen LogP contribution in [0.4, 0.5) is 11.4 Å². The van der Waals surface area contributed by atoms with Crippen molar-refractivity contribution < 1.29 is 14.4 Å². The van der Waals surface area contributed by atoms with Crippen molar-refractivity contribution in [1.82, 2.24) is 5.01 Å². The van der Waals surface area contributed by atoms with Gasteiger partial charge in [-0.3, -0.25) is 10.1 Å². The van der Waals surface area contributed by atoms with Gasteiger partial charge in [0.2, 0.25) is 0 Å². The van der Waals surface area contributed by atoms with Gasteiger partial charge in [0, 0.05) is 25.2 Å². The second kappa shape index (κ2) is 6.53. The van der Waals surface area contributed by atoms with E-state index >= 15 is 0 Å². The number of benzene rings is 1. The topological polar surface area (TPSA) is 76.9 Å². The molecule has 110 valence electrons. The minimum Gasteiger partial charge on any atom is -0.484 e. The van der Waals surface area contributed by atoms with Crippen molar-refractivity contribution in [2.45, 2.75) is 20.0 Å². The molecule has 1 saturated heterocycles. The van der Waals surface area contributed by atoms with Crippen LogP contribution in [0.15, 0.2) is 18.2 Å². The number of anilines is 1. The van der Waals surface area contributed by atoms with Gasteiger partial charge in [-0.25, -0.2) is 5.01 Å². The van der Waals surface area contributed by atoms with Crippen molar-refractivity contribution in [3.8, 4) is 5.75 Å². The average molecular weight is 281 g/mol. The Balaban J connectivity index is 2.15. The third-order valence-electron chi connectivity index (χ3n) is 2.82. The Morgan fingerprint density at radius 2 is 2.10 bits per heavy atom. The molecular weight excluding hydrogens is 262 g/mol. The quantitative estimate of drug-likeness (QED) is 0.657. The summed E-state index contributed by atoms with van der Waals surface area (Å²) in [5, 5.41) is 13.0. The molecule has 20 heavy (non-hydrogen) atoms. The molecule has 0 saturated carbocycles. The predicted octanol–water partition coefficient (Wildman–Crippen LogP) is 2.04. The van der Waals surface area contributed by atoms with Crippen LogP contribution in [0.3, 0.4) is 0 Å². The molecule has 0 amide bonds. The Morgan fingerprint density at radius 1 is 1.40 bits per heavy atom. The lowest BCUT2D eigenvalue weighted by atomic mass is 10.2. The van der Waals surface area contributed by atoms with Crippen LogP contribution in [0.1, 0.15) is 13.8 Å². The lowest BCUT2D eigenvalue weighted by molar-refractivity contribution is -0.386. The lowest BCUT2D eigenvalue weighted by Crippen LogP contribution is -2.40. The molecule has 1 N–H and O–H groups in total. The fourth-order valence-corrected chi connectivity index (χ4v) is 1.94. The molecule has 1 aliphatic rings. The minimum absolute atomic E-state index is 0.0220. The van der Waals surface area contributed by atoms with Crippen LogP contribution in [0, 0.1) is 10.1 Å². The number of hydrogen-bond donors (Lipinski definition) is 1. The highest BCUT2D eigenvalue weighted by Crippen LogP contribution is 2.31. The summed E-state index contributed by atoms with van der Waals surface area (Å²) in [7, 11) is 0. The fraction of sp³-hybridized carbons (Fsp3) is 0.538. The summed E-state index contributed by atoms with van der Waals surface area (Å²) in [6.07, 6.45) is -0.118. The van der Waals surface area contributed by atoms with Crippen LogP contribution in [-0.4, -0.2) is 42.3 Å². The maximum atomic E-state index is 11.0. The molecule has 0 bridgehead atoms. The Bertz CT molecular complexity index is 473. The first-order chi connectivity index (χ1) is 9.56. The number of nitrogens with zero attached hydrogens (tertiary/aromatic N) is 2. The number of hydrazine groups is 1. The van der Waals surface area contributed by atoms with E-state index in [0.29, 0.717) is 13.2 Å². The van der Waals surface area contributed by atoms with E-state index in [1.807, 2.05) is 18.9 Å². The number of ether oxygens (including phenoxy) is 2. The highest BCUT2D eigenvalue weighted by Gasteiger charge is 2.18. The van der Waals surface area contributed by atoms with Gasteiger partial charge in [0.1, 0.15) is 0 Å². The first kappa shape index (κ1) is 14.5. The zero-order chi connectivity index (χ0) is 14.5. The lowest BCUT2D eigenvalue weighted by Gasteiger charge is -2.28. The molecule has 0 aromatic heterocycles. The highest BCUT2D eigenvalue weighted by atomic mass is 16.6. The SMILES string of the molecule is CC(C)Oc1cc(NN2CCOCC2)ccc1[N+](=O)[O-]. The van der Waals surface area contributed by atoms with Crippen LogP contribution < -0.4 is 10.2 Å². The average Bonchev–Trinajstić information content (AvgIpc) is 2.39. The number of nitro benzene ring substituents is 1. The van der Waals surface area contributed by atoms with Gasteiger partial charge < -0.3 is 14.9 Å². The first-order valence-electron chi connectivity index (χ1n) is 6.60. The number of nitrogens with one attached hydrogen (secondary N) is 1. The predicted molar refractivity (Wildman–Crippen MR) is 74.9 cm³/mol. The maximum absolute atomic E-state index is 11.0. The summed E-state index contributed by atoms with van der Waals surface area (Å²) in [5.74, 6) is 0.281. The van der Waals surface area contributed by atoms with Crippen molar-refractivity contribution in [3.05, 3.63) is 28.3 Å². The van der Waals surface area contributed by atoms with Crippen molar-refractivity contribution in [1.29, 1.82) is 0 Å². The van der Waals surface area contributed by atoms with Crippen LogP contribution in [0.5, 0.6) is 5.75 Å². The summed E-state index contributed by atoms with van der Waals surface area (Å²) in [6, 6.07) is 4.80. The standard InChI is InChI=1S/C13H19N3O4/c1-10(2)20-13-9-11(3-4-12(13)16(17)18)14-15-5-7-19-8-6-15/h3-4,9-10,14H,5-8H2,1-2H3. The van der Waals surface area contributed by atoms with Crippen LogP contribution in [0.25, 0.3) is 0 Å². The summed E-state index contributed by atoms with van der Waals surface area (Å²) < 4.78 is 10.8. The molecule has 1 fully saturated rings. The van der Waals surface area contributed by atoms with E-state index in [1.165, 1.54) is 6.07 Å². The number of morpholine rings is 1. The van der Waals surface area contributed by atoms with Gasteiger partial charge in [-0.1, -0.05) is 0 Å². The Hall–Kier alpha value is -1.86. The molecule has 0 radical (unpaired) electrons. The highest BCUT2D eigenvalue weighted by molar-refractivity contribution is 5.57. The van der Waals surface area contributed by atoms with Crippen LogP contribution in [-0.2, 0) is 4.74 Å². The van der Waals surface area contributed by atoms with Gasteiger partial charge >= 0.3 is 5.69 Å². The molecule has 2 rings (SSSR count). The van der Waals surface area contributed by atoms with E-state index in [0.717, 1.165) is 18.8 Å². The molecule has 7 nitrogen and oxygen atoms in total. The zero-order valence-electron chi connectivity index (χ0n) is 11.7. The molecule has 1 aromatic carbocycles. The van der Waals surface area contributed by atoms with E-state index in [-0.39, 0.29) is 17.5 Å². The van der Waals surface area contributed by atoms with E-state index in [4.69, 9.17) is 9.47 Å². The third kappa shape index (κ3) is 3.82. The van der Waals surface area contributed by atoms with E-state index in [1.54, 1.807) is 12.1 Å². The number of rotatable bonds is 5. The van der Waals surface area contributed by atoms with Gasteiger partial charge in [-0.05, 0) is 19.9 Å². The number of hydrogen-bond acceptors (Lipinski definition) is 6. The van der Waals surface area contributed by atoms with E-state index < -0.39 is 4.92 Å². The largest absolute Gasteiger partial charge is 0.484 e. The van der Waals surface area contributed by atoms with Gasteiger partial charge in [0.05, 0.1) is 29.9 Å². The summed E-state index contributed by atoms with van der Waals surface area (Å²) in [5.41, 5.74) is 3.96. The Labute approximate surface area is 117 Å². The maximum Gasteiger partial charge on any atom is 0.311 e. The van der Waals surface area contributed by atoms with Crippen LogP contribution >= 0.6 is 0 Å². The summed E-state index contributed by atoms with van der Waals surface area (Å²) in [4.78, 5) is 10.5. The summed E-state index contributed by atoms with van der Waals surface area (Å²) >= 11 is 0. The van der Waals surface area contributed by atoms with Crippen molar-refractivity contribution >= 4 is 11.4 Å². The Morgan fingerprint density at radius 3 is 2.70 bits per heavy atom. The second-order valence-corrected chi connectivity index (χ2v) is 4.82. The molecule has 1 aliphatic heterocycles. The van der Waals surface area contributed by atoms with Crippen LogP contribution in [0.2, 0.25) is 0 Å². The molecule has 1 aromatic rings. The summed E-state index contributed by atoms with van der Waals surface area (Å²) in [6.45, 7) is 6.58. The van der Waals surface area contributed by atoms with Gasteiger partial charge in [0.25, 0.3) is 0 Å². The molecule has 0 atom stereocenters. The van der Waals surface area contributed by atoms with Crippen molar-refractivity contribution in [2.24, 2.45) is 0 Å². The Kier molecular flexibility index (Phi) is 4.75. The molecule has 0 unspecified atom stereocenters. The molecule has 0 spiro atoms. The third-order valence-corrected chi connectivity index (χ3v) is 2.82. The zero-order valence-corrected chi connectivity index (χ0v) is 11.7. The normalized spacial score (nSPS) is 16.1. The van der Waals surface area contributed by atoms with Gasteiger partial charge in [-0.2, -0.15) is 0 Å². The number of nitro groups is 1. The second-order valence-electron chi connectivity index (χ2n) is 4.82. The smallest absolute Gasteiger partial charge is 0.311 e. The van der Waals surface area contributed by atoms with Crippen molar-refractivity contribution in [2.75, 3.05) is 31.7 Å². The van der Waals surface area contributed by atoms with Gasteiger partial charge in [-0.15, -0.1) is 0 Å². The van der Waals surface area contributed by atoms with E-state index in [9.17, 15) is 10.1 Å².